The Hall–Kier alpha value is -0.120. The average molecular weight is 174 g/mol. The fraction of sp³-hybridized carbons (Fsp3) is 1.00. The molecule has 2 unspecified atom stereocenters. The summed E-state index contributed by atoms with van der Waals surface area (Å²) in [5, 5.41) is 9.06. The normalized spacial score (nSPS) is 31.0. The Morgan fingerprint density at radius 2 is 2.25 bits per heavy atom. The van der Waals surface area contributed by atoms with E-state index in [1.165, 1.54) is 0 Å². The molecule has 1 N–H and O–H groups in total. The summed E-state index contributed by atoms with van der Waals surface area (Å²) < 4.78 is 10.8. The predicted octanol–water partition coefficient (Wildman–Crippen LogP) is 0.809. The van der Waals surface area contributed by atoms with Gasteiger partial charge in [-0.2, -0.15) is 0 Å². The van der Waals surface area contributed by atoms with Crippen LogP contribution in [0, 0.1) is 5.92 Å². The first kappa shape index (κ1) is 9.96. The first-order valence-corrected chi connectivity index (χ1v) is 4.39. The number of rotatable bonds is 3. The molecule has 0 aromatic carbocycles. The molecule has 1 rings (SSSR count). The van der Waals surface area contributed by atoms with Gasteiger partial charge in [-0.05, 0) is 20.3 Å². The Balaban J connectivity index is 2.60. The van der Waals surface area contributed by atoms with Crippen LogP contribution >= 0.6 is 0 Å². The maximum Gasteiger partial charge on any atom is 0.0909 e. The minimum atomic E-state index is -0.288. The van der Waals surface area contributed by atoms with Crippen molar-refractivity contribution < 1.29 is 14.6 Å². The van der Waals surface area contributed by atoms with Crippen LogP contribution in [0.25, 0.3) is 0 Å². The van der Waals surface area contributed by atoms with Crippen LogP contribution in [-0.4, -0.2) is 37.1 Å². The Bertz CT molecular complexity index is 145. The van der Waals surface area contributed by atoms with E-state index in [1.54, 1.807) is 7.11 Å². The maximum absolute atomic E-state index is 9.06. The molecular formula is C9H18O3. The Kier molecular flexibility index (Phi) is 3.09. The van der Waals surface area contributed by atoms with Gasteiger partial charge in [-0.3, -0.25) is 0 Å². The van der Waals surface area contributed by atoms with E-state index < -0.39 is 0 Å². The lowest BCUT2D eigenvalue weighted by atomic mass is 9.90. The van der Waals surface area contributed by atoms with Gasteiger partial charge in [-0.25, -0.2) is 0 Å². The van der Waals surface area contributed by atoms with Crippen LogP contribution in [0.15, 0.2) is 0 Å². The van der Waals surface area contributed by atoms with Gasteiger partial charge < -0.3 is 14.6 Å². The van der Waals surface area contributed by atoms with Crippen molar-refractivity contribution in [2.75, 3.05) is 20.3 Å². The van der Waals surface area contributed by atoms with Gasteiger partial charge in [0.1, 0.15) is 0 Å². The molecule has 2 atom stereocenters. The van der Waals surface area contributed by atoms with Gasteiger partial charge >= 0.3 is 0 Å². The highest BCUT2D eigenvalue weighted by Gasteiger charge is 2.39. The number of hydrogen-bond acceptors (Lipinski definition) is 3. The van der Waals surface area contributed by atoms with Crippen molar-refractivity contribution in [3.63, 3.8) is 0 Å². The second kappa shape index (κ2) is 3.73. The van der Waals surface area contributed by atoms with Crippen molar-refractivity contribution in [2.24, 2.45) is 5.92 Å². The van der Waals surface area contributed by atoms with Crippen LogP contribution in [0.1, 0.15) is 20.3 Å². The van der Waals surface area contributed by atoms with Crippen LogP contribution < -0.4 is 0 Å². The highest BCUT2D eigenvalue weighted by molar-refractivity contribution is 4.89. The molecule has 0 aromatic heterocycles. The average Bonchev–Trinajstić information content (AvgIpc) is 2.52. The lowest BCUT2D eigenvalue weighted by molar-refractivity contribution is -0.104. The van der Waals surface area contributed by atoms with Crippen LogP contribution in [-0.2, 0) is 9.47 Å². The van der Waals surface area contributed by atoms with E-state index in [4.69, 9.17) is 14.6 Å². The highest BCUT2D eigenvalue weighted by atomic mass is 16.5. The van der Waals surface area contributed by atoms with Gasteiger partial charge in [-0.15, -0.1) is 0 Å². The van der Waals surface area contributed by atoms with E-state index >= 15 is 0 Å². The molecular weight excluding hydrogens is 156 g/mol. The van der Waals surface area contributed by atoms with E-state index in [0.717, 1.165) is 13.0 Å². The molecule has 1 heterocycles. The third-order valence-corrected chi connectivity index (χ3v) is 2.66. The van der Waals surface area contributed by atoms with Crippen LogP contribution in [0.2, 0.25) is 0 Å². The van der Waals surface area contributed by atoms with Crippen LogP contribution in [0.5, 0.6) is 0 Å². The quantitative estimate of drug-likeness (QED) is 0.688. The number of ether oxygens (including phenoxy) is 2. The van der Waals surface area contributed by atoms with Crippen molar-refractivity contribution >= 4 is 0 Å². The summed E-state index contributed by atoms with van der Waals surface area (Å²) >= 11 is 0. The predicted molar refractivity (Wildman–Crippen MR) is 46.0 cm³/mol. The molecule has 0 amide bonds. The Labute approximate surface area is 73.7 Å². The van der Waals surface area contributed by atoms with Crippen molar-refractivity contribution in [1.29, 1.82) is 0 Å². The molecule has 1 saturated heterocycles. The fourth-order valence-corrected chi connectivity index (χ4v) is 1.71. The second-order valence-electron chi connectivity index (χ2n) is 3.83. The zero-order chi connectivity index (χ0) is 9.19. The lowest BCUT2D eigenvalue weighted by Crippen LogP contribution is -2.42. The van der Waals surface area contributed by atoms with Gasteiger partial charge in [0.2, 0.25) is 0 Å². The number of hydrogen-bond donors (Lipinski definition) is 1. The monoisotopic (exact) mass is 174 g/mol. The van der Waals surface area contributed by atoms with Crippen molar-refractivity contribution in [3.8, 4) is 0 Å². The zero-order valence-electron chi connectivity index (χ0n) is 8.04. The summed E-state index contributed by atoms with van der Waals surface area (Å²) in [6, 6.07) is 0. The molecule has 3 heteroatoms. The molecule has 1 aliphatic rings. The van der Waals surface area contributed by atoms with E-state index in [1.807, 2.05) is 13.8 Å². The van der Waals surface area contributed by atoms with Gasteiger partial charge in [0.15, 0.2) is 0 Å². The first-order valence-electron chi connectivity index (χ1n) is 4.39. The minimum absolute atomic E-state index is 0.0347. The fourth-order valence-electron chi connectivity index (χ4n) is 1.71. The number of methoxy groups -OCH3 is 1. The third kappa shape index (κ3) is 1.79. The zero-order valence-corrected chi connectivity index (χ0v) is 8.04. The van der Waals surface area contributed by atoms with Gasteiger partial charge in [0.25, 0.3) is 0 Å². The number of aliphatic hydroxyl groups is 1. The largest absolute Gasteiger partial charge is 0.396 e. The van der Waals surface area contributed by atoms with E-state index in [2.05, 4.69) is 0 Å². The second-order valence-corrected chi connectivity index (χ2v) is 3.83. The SMILES string of the molecule is COC(C)(C)C1OCCC1CO. The van der Waals surface area contributed by atoms with Crippen LogP contribution in [0.4, 0.5) is 0 Å². The summed E-state index contributed by atoms with van der Waals surface area (Å²) in [5.74, 6) is 0.236. The molecule has 0 bridgehead atoms. The standard InChI is InChI=1S/C9H18O3/c1-9(2,11-3)8-7(6-10)4-5-12-8/h7-8,10H,4-6H2,1-3H3. The molecule has 0 saturated carbocycles. The molecule has 72 valence electrons. The first-order chi connectivity index (χ1) is 5.61. The minimum Gasteiger partial charge on any atom is -0.396 e. The van der Waals surface area contributed by atoms with Gasteiger partial charge in [-0.1, -0.05) is 0 Å². The summed E-state index contributed by atoms with van der Waals surface area (Å²) in [5.41, 5.74) is -0.288. The molecule has 3 nitrogen and oxygen atoms in total. The van der Waals surface area contributed by atoms with E-state index in [-0.39, 0.29) is 24.2 Å². The smallest absolute Gasteiger partial charge is 0.0909 e. The summed E-state index contributed by atoms with van der Waals surface area (Å²) in [6.45, 7) is 4.91. The van der Waals surface area contributed by atoms with Crippen molar-refractivity contribution in [3.05, 3.63) is 0 Å². The molecule has 12 heavy (non-hydrogen) atoms. The molecule has 1 fully saturated rings. The third-order valence-electron chi connectivity index (χ3n) is 2.66. The van der Waals surface area contributed by atoms with Crippen molar-refractivity contribution in [1.82, 2.24) is 0 Å². The van der Waals surface area contributed by atoms with Gasteiger partial charge in [0, 0.05) is 26.2 Å². The molecule has 0 aromatic rings. The highest BCUT2D eigenvalue weighted by Crippen LogP contribution is 2.30. The molecule has 1 aliphatic heterocycles. The van der Waals surface area contributed by atoms with E-state index in [0.29, 0.717) is 0 Å². The lowest BCUT2D eigenvalue weighted by Gasteiger charge is -2.32. The summed E-state index contributed by atoms with van der Waals surface area (Å²) in [7, 11) is 1.68. The summed E-state index contributed by atoms with van der Waals surface area (Å²) in [4.78, 5) is 0. The van der Waals surface area contributed by atoms with Crippen LogP contribution in [0.3, 0.4) is 0 Å². The Morgan fingerprint density at radius 3 is 2.75 bits per heavy atom. The molecule has 0 spiro atoms. The van der Waals surface area contributed by atoms with E-state index in [9.17, 15) is 0 Å². The number of aliphatic hydroxyl groups excluding tert-OH is 1. The topological polar surface area (TPSA) is 38.7 Å². The maximum atomic E-state index is 9.06. The molecule has 0 radical (unpaired) electrons. The summed E-state index contributed by atoms with van der Waals surface area (Å²) in [6.07, 6.45) is 0.973. The van der Waals surface area contributed by atoms with Crippen molar-refractivity contribution in [2.45, 2.75) is 32.0 Å². The van der Waals surface area contributed by atoms with Gasteiger partial charge in [0.05, 0.1) is 11.7 Å². The Morgan fingerprint density at radius 1 is 1.58 bits per heavy atom. The molecule has 0 aliphatic carbocycles.